The molecule has 0 fully saturated rings. The number of carbonyl (C=O) groups is 2. The van der Waals surface area contributed by atoms with E-state index in [1.165, 1.54) is 0 Å². The minimum atomic E-state index is -0.421. The number of nitrogens with zero attached hydrogens (tertiary/aromatic N) is 3. The molecule has 0 aliphatic rings. The Morgan fingerprint density at radius 1 is 1.07 bits per heavy atom. The summed E-state index contributed by atoms with van der Waals surface area (Å²) in [7, 11) is 0. The van der Waals surface area contributed by atoms with Crippen molar-refractivity contribution in [2.75, 3.05) is 6.54 Å². The van der Waals surface area contributed by atoms with Crippen molar-refractivity contribution in [2.45, 2.75) is 26.3 Å². The number of hydrogen-bond donors (Lipinski definition) is 2. The summed E-state index contributed by atoms with van der Waals surface area (Å²) in [5.74, 6) is 0.410. The Hall–Kier alpha value is -3.55. The highest BCUT2D eigenvalue weighted by Gasteiger charge is 2.24. The molecule has 2 N–H and O–H groups in total. The molecule has 8 heteroatoms. The Balaban J connectivity index is 1.56. The third-order valence-corrected chi connectivity index (χ3v) is 4.30. The van der Waals surface area contributed by atoms with Gasteiger partial charge in [0.05, 0.1) is 0 Å². The van der Waals surface area contributed by atoms with E-state index in [0.717, 1.165) is 5.56 Å². The van der Waals surface area contributed by atoms with Crippen LogP contribution in [0.25, 0.3) is 11.4 Å². The van der Waals surface area contributed by atoms with E-state index in [4.69, 9.17) is 4.52 Å². The smallest absolute Gasteiger partial charge is 0.251 e. The Morgan fingerprint density at radius 2 is 1.79 bits per heavy atom. The van der Waals surface area contributed by atoms with Crippen LogP contribution < -0.4 is 10.6 Å². The molecule has 0 bridgehead atoms. The van der Waals surface area contributed by atoms with Crippen molar-refractivity contribution in [3.8, 4) is 11.4 Å². The van der Waals surface area contributed by atoms with Crippen LogP contribution in [-0.4, -0.2) is 33.5 Å². The number of amides is 2. The summed E-state index contributed by atoms with van der Waals surface area (Å²) >= 11 is 0. The first-order valence-corrected chi connectivity index (χ1v) is 9.41. The second kappa shape index (κ2) is 9.59. The van der Waals surface area contributed by atoms with Crippen molar-refractivity contribution in [2.24, 2.45) is 5.92 Å². The molecule has 150 valence electrons. The largest absolute Gasteiger partial charge is 0.352 e. The van der Waals surface area contributed by atoms with Crippen LogP contribution in [0.5, 0.6) is 0 Å². The lowest BCUT2D eigenvalue weighted by Crippen LogP contribution is -2.35. The highest BCUT2D eigenvalue weighted by Crippen LogP contribution is 2.23. The molecule has 0 saturated carbocycles. The van der Waals surface area contributed by atoms with Gasteiger partial charge in [0, 0.05) is 36.5 Å². The average Bonchev–Trinajstić information content (AvgIpc) is 3.23. The zero-order chi connectivity index (χ0) is 20.6. The van der Waals surface area contributed by atoms with E-state index in [1.54, 1.807) is 48.8 Å². The van der Waals surface area contributed by atoms with E-state index in [2.05, 4.69) is 25.8 Å². The van der Waals surface area contributed by atoms with Crippen LogP contribution in [0.4, 0.5) is 0 Å². The molecule has 0 aliphatic carbocycles. The van der Waals surface area contributed by atoms with Gasteiger partial charge >= 0.3 is 0 Å². The quantitative estimate of drug-likeness (QED) is 0.609. The van der Waals surface area contributed by atoms with Crippen molar-refractivity contribution in [3.05, 3.63) is 66.3 Å². The highest BCUT2D eigenvalue weighted by atomic mass is 16.5. The number of aromatic nitrogens is 3. The summed E-state index contributed by atoms with van der Waals surface area (Å²) in [4.78, 5) is 32.8. The molecule has 3 aromatic rings. The van der Waals surface area contributed by atoms with Crippen LogP contribution in [0, 0.1) is 5.92 Å². The first kappa shape index (κ1) is 20.2. The van der Waals surface area contributed by atoms with Gasteiger partial charge in [-0.1, -0.05) is 37.2 Å². The van der Waals surface area contributed by atoms with E-state index in [1.807, 2.05) is 19.9 Å². The predicted molar refractivity (Wildman–Crippen MR) is 107 cm³/mol. The maximum absolute atomic E-state index is 12.4. The van der Waals surface area contributed by atoms with E-state index < -0.39 is 6.04 Å². The van der Waals surface area contributed by atoms with Crippen molar-refractivity contribution >= 4 is 11.8 Å². The number of carbonyl (C=O) groups excluding carboxylic acids is 2. The molecule has 0 radical (unpaired) electrons. The molecule has 0 aliphatic heterocycles. The van der Waals surface area contributed by atoms with Crippen LogP contribution >= 0.6 is 0 Å². The molecule has 2 aromatic heterocycles. The van der Waals surface area contributed by atoms with Gasteiger partial charge in [0.25, 0.3) is 5.91 Å². The molecule has 1 aromatic carbocycles. The van der Waals surface area contributed by atoms with Gasteiger partial charge in [-0.15, -0.1) is 0 Å². The van der Waals surface area contributed by atoms with Crippen LogP contribution in [0.15, 0.2) is 59.4 Å². The first-order valence-electron chi connectivity index (χ1n) is 9.41. The molecule has 3 rings (SSSR count). The molecule has 29 heavy (non-hydrogen) atoms. The number of nitrogens with one attached hydrogen (secondary N) is 2. The van der Waals surface area contributed by atoms with Crippen LogP contribution in [-0.2, 0) is 4.79 Å². The highest BCUT2D eigenvalue weighted by molar-refractivity contribution is 5.94. The summed E-state index contributed by atoms with van der Waals surface area (Å²) < 4.78 is 5.38. The minimum absolute atomic E-state index is 0.0450. The fourth-order valence-electron chi connectivity index (χ4n) is 2.72. The minimum Gasteiger partial charge on any atom is -0.352 e. The standard InChI is InChI=1S/C21H23N5O3/c1-14(2)18(21-25-19(26-29-21)15-8-11-22-12-9-15)24-17(27)10-13-23-20(28)16-6-4-3-5-7-16/h3-9,11-12,14,18H,10,13H2,1-2H3,(H,23,28)(H,24,27). The van der Waals surface area contributed by atoms with Crippen molar-refractivity contribution < 1.29 is 14.1 Å². The molecule has 8 nitrogen and oxygen atoms in total. The third-order valence-electron chi connectivity index (χ3n) is 4.30. The van der Waals surface area contributed by atoms with Gasteiger partial charge in [-0.2, -0.15) is 4.98 Å². The maximum Gasteiger partial charge on any atom is 0.251 e. The van der Waals surface area contributed by atoms with Gasteiger partial charge in [-0.25, -0.2) is 0 Å². The van der Waals surface area contributed by atoms with Gasteiger partial charge in [0.1, 0.15) is 6.04 Å². The van der Waals surface area contributed by atoms with Gasteiger partial charge in [0.15, 0.2) is 0 Å². The lowest BCUT2D eigenvalue weighted by molar-refractivity contribution is -0.122. The maximum atomic E-state index is 12.4. The van der Waals surface area contributed by atoms with E-state index in [-0.39, 0.29) is 30.7 Å². The van der Waals surface area contributed by atoms with Crippen LogP contribution in [0.2, 0.25) is 0 Å². The van der Waals surface area contributed by atoms with E-state index in [0.29, 0.717) is 17.3 Å². The Kier molecular flexibility index (Phi) is 6.67. The molecule has 0 saturated heterocycles. The first-order chi connectivity index (χ1) is 14.0. The summed E-state index contributed by atoms with van der Waals surface area (Å²) in [6.45, 7) is 4.15. The number of hydrogen-bond acceptors (Lipinski definition) is 6. The molecular formula is C21H23N5O3. The number of pyridine rings is 1. The summed E-state index contributed by atoms with van der Waals surface area (Å²) in [6.07, 6.45) is 3.45. The second-order valence-corrected chi connectivity index (χ2v) is 6.85. The Bertz CT molecular complexity index is 941. The van der Waals surface area contributed by atoms with Crippen molar-refractivity contribution in [3.63, 3.8) is 0 Å². The van der Waals surface area contributed by atoms with Crippen molar-refractivity contribution in [1.82, 2.24) is 25.8 Å². The zero-order valence-electron chi connectivity index (χ0n) is 16.3. The third kappa shape index (κ3) is 5.47. The Morgan fingerprint density at radius 3 is 2.48 bits per heavy atom. The fourth-order valence-corrected chi connectivity index (χ4v) is 2.72. The normalized spacial score (nSPS) is 11.8. The van der Waals surface area contributed by atoms with Gasteiger partial charge in [-0.05, 0) is 30.2 Å². The molecule has 2 heterocycles. The van der Waals surface area contributed by atoms with Crippen LogP contribution in [0.3, 0.4) is 0 Å². The van der Waals surface area contributed by atoms with Crippen molar-refractivity contribution in [1.29, 1.82) is 0 Å². The Labute approximate surface area is 168 Å². The molecule has 2 amide bonds. The lowest BCUT2D eigenvalue weighted by Gasteiger charge is -2.18. The summed E-state index contributed by atoms with van der Waals surface area (Å²) in [5, 5.41) is 9.65. The second-order valence-electron chi connectivity index (χ2n) is 6.85. The number of rotatable bonds is 8. The van der Waals surface area contributed by atoms with Gasteiger partial charge < -0.3 is 15.2 Å². The molecule has 1 atom stereocenters. The average molecular weight is 393 g/mol. The summed E-state index contributed by atoms with van der Waals surface area (Å²) in [6, 6.07) is 12.0. The van der Waals surface area contributed by atoms with Gasteiger partial charge in [-0.3, -0.25) is 14.6 Å². The topological polar surface area (TPSA) is 110 Å². The summed E-state index contributed by atoms with van der Waals surface area (Å²) in [5.41, 5.74) is 1.34. The molecule has 1 unspecified atom stereocenters. The molecule has 0 spiro atoms. The zero-order valence-corrected chi connectivity index (χ0v) is 16.3. The monoisotopic (exact) mass is 393 g/mol. The fraction of sp³-hybridized carbons (Fsp3) is 0.286. The molecular weight excluding hydrogens is 370 g/mol. The van der Waals surface area contributed by atoms with Gasteiger partial charge in [0.2, 0.25) is 17.6 Å². The predicted octanol–water partition coefficient (Wildman–Crippen LogP) is 2.77. The SMILES string of the molecule is CC(C)C(NC(=O)CCNC(=O)c1ccccc1)c1nc(-c2ccncc2)no1. The van der Waals surface area contributed by atoms with E-state index in [9.17, 15) is 9.59 Å². The lowest BCUT2D eigenvalue weighted by atomic mass is 10.0. The van der Waals surface area contributed by atoms with Crippen LogP contribution in [0.1, 0.15) is 42.6 Å². The number of benzene rings is 1. The van der Waals surface area contributed by atoms with E-state index >= 15 is 0 Å².